The average Bonchev–Trinajstić information content (AvgIpc) is 3.02. The highest BCUT2D eigenvalue weighted by atomic mass is 16.5. The van der Waals surface area contributed by atoms with Crippen molar-refractivity contribution in [2.24, 2.45) is 0 Å². The molecule has 1 aliphatic heterocycles. The summed E-state index contributed by atoms with van der Waals surface area (Å²) in [7, 11) is 1.60. The van der Waals surface area contributed by atoms with Crippen LogP contribution in [0.1, 0.15) is 6.42 Å². The normalized spacial score (nSPS) is 16.0. The van der Waals surface area contributed by atoms with Crippen molar-refractivity contribution in [1.29, 1.82) is 0 Å². The third-order valence-corrected chi connectivity index (χ3v) is 4.02. The highest BCUT2D eigenvalue weighted by molar-refractivity contribution is 5.75. The Balaban J connectivity index is 1.39. The summed E-state index contributed by atoms with van der Waals surface area (Å²) in [6.07, 6.45) is 4.34. The lowest BCUT2D eigenvalue weighted by Crippen LogP contribution is -2.40. The summed E-state index contributed by atoms with van der Waals surface area (Å²) in [5, 5.41) is 3.49. The van der Waals surface area contributed by atoms with Crippen LogP contribution >= 0.6 is 0 Å². The molecule has 0 bridgehead atoms. The van der Waals surface area contributed by atoms with Crippen LogP contribution in [0.25, 0.3) is 11.2 Å². The number of fused-ring (bicyclic) bond motifs is 1. The van der Waals surface area contributed by atoms with Crippen molar-refractivity contribution < 1.29 is 9.47 Å². The molecule has 0 aliphatic carbocycles. The molecule has 8 nitrogen and oxygen atoms in total. The van der Waals surface area contributed by atoms with Gasteiger partial charge in [0.2, 0.25) is 5.88 Å². The molecule has 2 aromatic rings. The molecule has 3 rings (SSSR count). The number of aromatic nitrogens is 4. The lowest BCUT2D eigenvalue weighted by Gasteiger charge is -2.26. The molecule has 0 spiro atoms. The Morgan fingerprint density at radius 1 is 1.17 bits per heavy atom. The SMILES string of the molecule is COc1ncnc2c1ncn2CCCNCCN1CCOCC1. The van der Waals surface area contributed by atoms with Crippen LogP contribution in [0.4, 0.5) is 0 Å². The van der Waals surface area contributed by atoms with E-state index in [-0.39, 0.29) is 0 Å². The summed E-state index contributed by atoms with van der Waals surface area (Å²) in [6, 6.07) is 0. The maximum Gasteiger partial charge on any atom is 0.245 e. The van der Waals surface area contributed by atoms with Crippen LogP contribution in [0.2, 0.25) is 0 Å². The quantitative estimate of drug-likeness (QED) is 0.694. The molecule has 126 valence electrons. The molecule has 1 N–H and O–H groups in total. The standard InChI is InChI=1S/C15H24N6O2/c1-22-15-13-14(17-11-18-15)21(12-19-13)5-2-3-16-4-6-20-7-9-23-10-8-20/h11-12,16H,2-10H2,1H3. The number of nitrogens with one attached hydrogen (secondary N) is 1. The fourth-order valence-electron chi connectivity index (χ4n) is 2.73. The average molecular weight is 320 g/mol. The second-order valence-electron chi connectivity index (χ2n) is 5.55. The number of methoxy groups -OCH3 is 1. The monoisotopic (exact) mass is 320 g/mol. The number of morpholine rings is 1. The van der Waals surface area contributed by atoms with Crippen LogP contribution in [-0.4, -0.2) is 77.5 Å². The molecule has 0 amide bonds. The zero-order valence-corrected chi connectivity index (χ0v) is 13.6. The fourth-order valence-corrected chi connectivity index (χ4v) is 2.73. The maximum absolute atomic E-state index is 5.35. The van der Waals surface area contributed by atoms with Crippen molar-refractivity contribution in [3.05, 3.63) is 12.7 Å². The van der Waals surface area contributed by atoms with Crippen molar-refractivity contribution in [2.75, 3.05) is 53.0 Å². The molecule has 1 saturated heterocycles. The number of ether oxygens (including phenoxy) is 2. The van der Waals surface area contributed by atoms with Crippen LogP contribution < -0.4 is 10.1 Å². The number of nitrogens with zero attached hydrogens (tertiary/aromatic N) is 5. The van der Waals surface area contributed by atoms with Gasteiger partial charge in [-0.25, -0.2) is 9.97 Å². The molecule has 2 aromatic heterocycles. The van der Waals surface area contributed by atoms with E-state index in [4.69, 9.17) is 9.47 Å². The maximum atomic E-state index is 5.35. The van der Waals surface area contributed by atoms with Gasteiger partial charge in [-0.15, -0.1) is 0 Å². The summed E-state index contributed by atoms with van der Waals surface area (Å²) in [6.45, 7) is 7.77. The molecule has 3 heterocycles. The predicted octanol–water partition coefficient (Wildman–Crippen LogP) is 0.147. The van der Waals surface area contributed by atoms with Crippen molar-refractivity contribution >= 4 is 11.2 Å². The molecular weight excluding hydrogens is 296 g/mol. The molecule has 1 aliphatic rings. The van der Waals surface area contributed by atoms with Gasteiger partial charge in [0.05, 0.1) is 26.7 Å². The molecule has 0 saturated carbocycles. The minimum Gasteiger partial charge on any atom is -0.479 e. The minimum absolute atomic E-state index is 0.525. The van der Waals surface area contributed by atoms with Gasteiger partial charge >= 0.3 is 0 Å². The summed E-state index contributed by atoms with van der Waals surface area (Å²) in [5.74, 6) is 0.525. The summed E-state index contributed by atoms with van der Waals surface area (Å²) < 4.78 is 12.6. The molecule has 8 heteroatoms. The molecule has 23 heavy (non-hydrogen) atoms. The Labute approximate surface area is 135 Å². The van der Waals surface area contributed by atoms with E-state index in [2.05, 4.69) is 25.2 Å². The van der Waals surface area contributed by atoms with Gasteiger partial charge < -0.3 is 19.4 Å². The lowest BCUT2D eigenvalue weighted by atomic mass is 10.4. The Hall–Kier alpha value is -1.77. The summed E-state index contributed by atoms with van der Waals surface area (Å²) in [5.41, 5.74) is 1.54. The number of hydrogen-bond donors (Lipinski definition) is 1. The van der Waals surface area contributed by atoms with Gasteiger partial charge in [0.25, 0.3) is 0 Å². The Bertz CT molecular complexity index is 611. The smallest absolute Gasteiger partial charge is 0.245 e. The third-order valence-electron chi connectivity index (χ3n) is 4.02. The number of aryl methyl sites for hydroxylation is 1. The van der Waals surface area contributed by atoms with E-state index in [1.165, 1.54) is 6.33 Å². The van der Waals surface area contributed by atoms with Crippen molar-refractivity contribution in [2.45, 2.75) is 13.0 Å². The van der Waals surface area contributed by atoms with E-state index in [1.54, 1.807) is 13.4 Å². The first-order valence-corrected chi connectivity index (χ1v) is 8.09. The van der Waals surface area contributed by atoms with Crippen LogP contribution in [0.3, 0.4) is 0 Å². The highest BCUT2D eigenvalue weighted by Gasteiger charge is 2.10. The van der Waals surface area contributed by atoms with Crippen LogP contribution in [-0.2, 0) is 11.3 Å². The van der Waals surface area contributed by atoms with Gasteiger partial charge in [-0.3, -0.25) is 4.90 Å². The third kappa shape index (κ3) is 4.15. The fraction of sp³-hybridized carbons (Fsp3) is 0.667. The second kappa shape index (κ2) is 8.19. The van der Waals surface area contributed by atoms with Gasteiger partial charge in [0.15, 0.2) is 11.2 Å². The molecule has 0 unspecified atom stereocenters. The number of imidazole rings is 1. The van der Waals surface area contributed by atoms with Gasteiger partial charge in [-0.05, 0) is 13.0 Å². The van der Waals surface area contributed by atoms with Crippen LogP contribution in [0.5, 0.6) is 5.88 Å². The van der Waals surface area contributed by atoms with E-state index >= 15 is 0 Å². The zero-order valence-electron chi connectivity index (χ0n) is 13.6. The molecule has 1 fully saturated rings. The van der Waals surface area contributed by atoms with E-state index in [0.29, 0.717) is 5.88 Å². The van der Waals surface area contributed by atoms with E-state index in [1.807, 2.05) is 4.57 Å². The number of rotatable bonds is 8. The molecule has 0 aromatic carbocycles. The first-order chi connectivity index (χ1) is 11.4. The first-order valence-electron chi connectivity index (χ1n) is 8.09. The predicted molar refractivity (Wildman–Crippen MR) is 86.6 cm³/mol. The summed E-state index contributed by atoms with van der Waals surface area (Å²) >= 11 is 0. The van der Waals surface area contributed by atoms with E-state index < -0.39 is 0 Å². The van der Waals surface area contributed by atoms with Gasteiger partial charge in [0.1, 0.15) is 6.33 Å². The van der Waals surface area contributed by atoms with Crippen molar-refractivity contribution in [3.8, 4) is 5.88 Å². The van der Waals surface area contributed by atoms with E-state index in [9.17, 15) is 0 Å². The Kier molecular flexibility index (Phi) is 5.73. The zero-order chi connectivity index (χ0) is 15.9. The van der Waals surface area contributed by atoms with Gasteiger partial charge in [-0.1, -0.05) is 0 Å². The Morgan fingerprint density at radius 2 is 2.04 bits per heavy atom. The van der Waals surface area contributed by atoms with Crippen LogP contribution in [0, 0.1) is 0 Å². The van der Waals surface area contributed by atoms with Crippen molar-refractivity contribution in [3.63, 3.8) is 0 Å². The minimum atomic E-state index is 0.525. The Morgan fingerprint density at radius 3 is 2.87 bits per heavy atom. The van der Waals surface area contributed by atoms with Gasteiger partial charge in [0, 0.05) is 32.7 Å². The van der Waals surface area contributed by atoms with Gasteiger partial charge in [-0.2, -0.15) is 4.98 Å². The van der Waals surface area contributed by atoms with E-state index in [0.717, 1.165) is 70.1 Å². The largest absolute Gasteiger partial charge is 0.479 e. The molecule has 0 atom stereocenters. The lowest BCUT2D eigenvalue weighted by molar-refractivity contribution is 0.0384. The molecule has 0 radical (unpaired) electrons. The second-order valence-corrected chi connectivity index (χ2v) is 5.55. The molecular formula is C15H24N6O2. The summed E-state index contributed by atoms with van der Waals surface area (Å²) in [4.78, 5) is 15.1. The first kappa shape index (κ1) is 16.1. The topological polar surface area (TPSA) is 77.3 Å². The highest BCUT2D eigenvalue weighted by Crippen LogP contribution is 2.18. The van der Waals surface area contributed by atoms with Crippen molar-refractivity contribution in [1.82, 2.24) is 29.7 Å². The van der Waals surface area contributed by atoms with Crippen LogP contribution in [0.15, 0.2) is 12.7 Å². The number of hydrogen-bond acceptors (Lipinski definition) is 7.